The van der Waals surface area contributed by atoms with Gasteiger partial charge >= 0.3 is 0 Å². The molecule has 0 spiro atoms. The van der Waals surface area contributed by atoms with Gasteiger partial charge in [0, 0.05) is 11.6 Å². The maximum absolute atomic E-state index is 13.6. The average molecular weight is 544 g/mol. The zero-order valence-electron chi connectivity index (χ0n) is 21.6. The van der Waals surface area contributed by atoms with Crippen molar-refractivity contribution in [3.8, 4) is 28.7 Å². The smallest absolute Gasteiger partial charge is 0.264 e. The Morgan fingerprint density at radius 3 is 2.05 bits per heavy atom. The van der Waals surface area contributed by atoms with Crippen LogP contribution in [-0.2, 0) is 14.8 Å². The fraction of sp³-hybridized carbons (Fsp3) is 0.231. The molecule has 3 rings (SSSR count). The number of nitrogens with one attached hydrogen (secondary N) is 1. The number of nitrogens with zero attached hydrogens (tertiary/aromatic N) is 2. The summed E-state index contributed by atoms with van der Waals surface area (Å²) in [5.41, 5.74) is 3.16. The van der Waals surface area contributed by atoms with Crippen LogP contribution in [0.5, 0.6) is 28.7 Å². The minimum atomic E-state index is -4.18. The summed E-state index contributed by atoms with van der Waals surface area (Å²) in [6, 6.07) is 15.8. The fourth-order valence-electron chi connectivity index (χ4n) is 3.58. The second-order valence-corrected chi connectivity index (χ2v) is 9.44. The molecule has 202 valence electrons. The van der Waals surface area contributed by atoms with E-state index < -0.39 is 22.5 Å². The summed E-state index contributed by atoms with van der Waals surface area (Å²) in [7, 11) is 3.11. The van der Waals surface area contributed by atoms with Gasteiger partial charge in [0.05, 0.1) is 52.3 Å². The molecule has 0 aliphatic rings. The molecule has 0 aromatic heterocycles. The second-order valence-electron chi connectivity index (χ2n) is 7.58. The maximum atomic E-state index is 13.6. The molecule has 1 N–H and O–H groups in total. The van der Waals surface area contributed by atoms with Crippen molar-refractivity contribution in [3.63, 3.8) is 0 Å². The zero-order chi connectivity index (χ0) is 27.7. The van der Waals surface area contributed by atoms with Crippen molar-refractivity contribution in [3.05, 3.63) is 66.2 Å². The van der Waals surface area contributed by atoms with E-state index in [0.717, 1.165) is 4.31 Å². The minimum Gasteiger partial charge on any atom is -0.493 e. The van der Waals surface area contributed by atoms with E-state index in [4.69, 9.17) is 23.7 Å². The molecular weight excluding hydrogens is 514 g/mol. The molecular formula is C26H29N3O8S. The van der Waals surface area contributed by atoms with E-state index in [1.54, 1.807) is 42.5 Å². The van der Waals surface area contributed by atoms with E-state index in [9.17, 15) is 13.2 Å². The van der Waals surface area contributed by atoms with Crippen molar-refractivity contribution >= 4 is 27.8 Å². The molecule has 0 radical (unpaired) electrons. The summed E-state index contributed by atoms with van der Waals surface area (Å²) in [5.74, 6) is 1.11. The molecule has 0 bridgehead atoms. The number of methoxy groups -OCH3 is 5. The first-order valence-corrected chi connectivity index (χ1v) is 12.6. The van der Waals surface area contributed by atoms with E-state index in [1.807, 2.05) is 0 Å². The summed E-state index contributed by atoms with van der Waals surface area (Å²) in [6.45, 7) is -0.541. The van der Waals surface area contributed by atoms with Crippen LogP contribution in [0.4, 0.5) is 5.69 Å². The van der Waals surface area contributed by atoms with Gasteiger partial charge in [-0.05, 0) is 36.4 Å². The zero-order valence-corrected chi connectivity index (χ0v) is 22.4. The van der Waals surface area contributed by atoms with Crippen LogP contribution in [0.1, 0.15) is 5.56 Å². The number of sulfonamides is 1. The van der Waals surface area contributed by atoms with E-state index >= 15 is 0 Å². The number of benzene rings is 3. The van der Waals surface area contributed by atoms with Gasteiger partial charge in [-0.2, -0.15) is 5.10 Å². The Balaban J connectivity index is 1.88. The molecule has 0 aliphatic carbocycles. The third-order valence-corrected chi connectivity index (χ3v) is 7.17. The summed E-state index contributed by atoms with van der Waals surface area (Å²) >= 11 is 0. The first-order valence-electron chi connectivity index (χ1n) is 11.2. The van der Waals surface area contributed by atoms with Crippen LogP contribution in [0.25, 0.3) is 0 Å². The van der Waals surface area contributed by atoms with E-state index in [-0.39, 0.29) is 10.6 Å². The van der Waals surface area contributed by atoms with Gasteiger partial charge in [0.25, 0.3) is 15.9 Å². The van der Waals surface area contributed by atoms with Gasteiger partial charge in [0.2, 0.25) is 5.75 Å². The molecule has 0 heterocycles. The number of ether oxygens (including phenoxy) is 5. The molecule has 11 nitrogen and oxygen atoms in total. The second kappa shape index (κ2) is 12.7. The number of hydrogen-bond donors (Lipinski definition) is 1. The van der Waals surface area contributed by atoms with Crippen molar-refractivity contribution in [1.82, 2.24) is 5.43 Å². The highest BCUT2D eigenvalue weighted by molar-refractivity contribution is 7.92. The number of carbonyl (C=O) groups excluding carboxylic acids is 1. The summed E-state index contributed by atoms with van der Waals surface area (Å²) in [5, 5.41) is 3.97. The number of hydrazone groups is 1. The monoisotopic (exact) mass is 543 g/mol. The van der Waals surface area contributed by atoms with Gasteiger partial charge < -0.3 is 23.7 Å². The van der Waals surface area contributed by atoms with Crippen molar-refractivity contribution in [2.24, 2.45) is 5.10 Å². The SMILES string of the molecule is COc1ccc(S(=O)(=O)N(CC(=O)N/N=C\c2ccc(OC)c(OC)c2OC)c2ccccc2)cc1OC. The molecule has 0 unspecified atom stereocenters. The van der Waals surface area contributed by atoms with Crippen LogP contribution in [0.15, 0.2) is 70.7 Å². The molecule has 0 aliphatic heterocycles. The lowest BCUT2D eigenvalue weighted by molar-refractivity contribution is -0.119. The van der Waals surface area contributed by atoms with Gasteiger partial charge in [-0.15, -0.1) is 0 Å². The van der Waals surface area contributed by atoms with Crippen LogP contribution in [0, 0.1) is 0 Å². The lowest BCUT2D eigenvalue weighted by Gasteiger charge is -2.24. The number of hydrogen-bond acceptors (Lipinski definition) is 9. The van der Waals surface area contributed by atoms with Gasteiger partial charge in [0.1, 0.15) is 6.54 Å². The van der Waals surface area contributed by atoms with E-state index in [2.05, 4.69) is 10.5 Å². The first-order chi connectivity index (χ1) is 18.3. The molecule has 0 saturated carbocycles. The summed E-state index contributed by atoms with van der Waals surface area (Å²) in [6.07, 6.45) is 1.36. The number of rotatable bonds is 12. The molecule has 1 amide bonds. The van der Waals surface area contributed by atoms with Crippen molar-refractivity contribution in [1.29, 1.82) is 0 Å². The number of carbonyl (C=O) groups is 1. The normalized spacial score (nSPS) is 11.1. The van der Waals surface area contributed by atoms with Crippen LogP contribution >= 0.6 is 0 Å². The number of amides is 1. The summed E-state index contributed by atoms with van der Waals surface area (Å²) in [4.78, 5) is 12.8. The van der Waals surface area contributed by atoms with E-state index in [1.165, 1.54) is 60.0 Å². The van der Waals surface area contributed by atoms with Crippen LogP contribution in [0.3, 0.4) is 0 Å². The van der Waals surface area contributed by atoms with Gasteiger partial charge in [0.15, 0.2) is 23.0 Å². The van der Waals surface area contributed by atoms with Crippen LogP contribution in [0.2, 0.25) is 0 Å². The molecule has 0 saturated heterocycles. The highest BCUT2D eigenvalue weighted by atomic mass is 32.2. The van der Waals surface area contributed by atoms with Gasteiger partial charge in [-0.3, -0.25) is 9.10 Å². The lowest BCUT2D eigenvalue weighted by Crippen LogP contribution is -2.39. The maximum Gasteiger partial charge on any atom is 0.264 e. The Morgan fingerprint density at radius 1 is 0.816 bits per heavy atom. The Morgan fingerprint density at radius 2 is 1.45 bits per heavy atom. The Hall–Kier alpha value is -4.45. The Labute approximate surface area is 221 Å². The van der Waals surface area contributed by atoms with Crippen molar-refractivity contribution < 1.29 is 36.9 Å². The Kier molecular flexibility index (Phi) is 9.39. The number of anilines is 1. The van der Waals surface area contributed by atoms with Crippen LogP contribution < -0.4 is 33.4 Å². The predicted molar refractivity (Wildman–Crippen MR) is 142 cm³/mol. The quantitative estimate of drug-likeness (QED) is 0.273. The average Bonchev–Trinajstić information content (AvgIpc) is 2.95. The highest BCUT2D eigenvalue weighted by Gasteiger charge is 2.28. The van der Waals surface area contributed by atoms with Gasteiger partial charge in [-0.25, -0.2) is 13.8 Å². The molecule has 3 aromatic carbocycles. The molecule has 3 aromatic rings. The third-order valence-electron chi connectivity index (χ3n) is 5.40. The van der Waals surface area contributed by atoms with Crippen molar-refractivity contribution in [2.45, 2.75) is 4.90 Å². The van der Waals surface area contributed by atoms with Crippen molar-refractivity contribution in [2.75, 3.05) is 46.4 Å². The number of para-hydroxylation sites is 1. The molecule has 12 heteroatoms. The molecule has 38 heavy (non-hydrogen) atoms. The fourth-order valence-corrected chi connectivity index (χ4v) is 5.02. The lowest BCUT2D eigenvalue weighted by atomic mass is 10.2. The standard InChI is InChI=1S/C26H29N3O8S/c1-33-21-14-12-20(15-23(21)35-3)38(31,32)29(19-9-7-6-8-10-19)17-24(30)28-27-16-18-11-13-22(34-2)26(37-5)25(18)36-4/h6-16H,17H2,1-5H3,(H,28,30)/b27-16-. The molecule has 0 atom stereocenters. The minimum absolute atomic E-state index is 0.0784. The largest absolute Gasteiger partial charge is 0.493 e. The van der Waals surface area contributed by atoms with E-state index in [0.29, 0.717) is 34.2 Å². The topological polar surface area (TPSA) is 125 Å². The summed E-state index contributed by atoms with van der Waals surface area (Å²) < 4.78 is 54.7. The van der Waals surface area contributed by atoms with Gasteiger partial charge in [-0.1, -0.05) is 18.2 Å². The van der Waals surface area contributed by atoms with Crippen LogP contribution in [-0.4, -0.2) is 62.6 Å². The molecule has 0 fully saturated rings. The highest BCUT2D eigenvalue weighted by Crippen LogP contribution is 2.39. The third kappa shape index (κ3) is 6.09. The first kappa shape index (κ1) is 28.1. The Bertz CT molecular complexity index is 1400. The predicted octanol–water partition coefficient (Wildman–Crippen LogP) is 3.08.